The molecule has 1 aliphatic heterocycles. The topological polar surface area (TPSA) is 89.0 Å². The molecular weight excluding hydrogens is 356 g/mol. The van der Waals surface area contributed by atoms with E-state index in [-0.39, 0.29) is 19.1 Å². The van der Waals surface area contributed by atoms with Gasteiger partial charge in [0, 0.05) is 31.1 Å². The van der Waals surface area contributed by atoms with Crippen LogP contribution in [0.5, 0.6) is 5.75 Å². The molecule has 1 atom stereocenters. The number of rotatable bonds is 6. The van der Waals surface area contributed by atoms with Crippen LogP contribution in [0, 0.1) is 5.41 Å². The largest absolute Gasteiger partial charge is 0.497 e. The number of carbonyl (C=O) groups excluding carboxylic acids is 1. The summed E-state index contributed by atoms with van der Waals surface area (Å²) in [7, 11) is 3.07. The van der Waals surface area contributed by atoms with E-state index in [1.807, 2.05) is 24.3 Å². The van der Waals surface area contributed by atoms with Gasteiger partial charge in [-0.25, -0.2) is 4.98 Å². The third kappa shape index (κ3) is 3.42. The molecule has 8 heteroatoms. The fraction of sp³-hybridized carbons (Fsp3) is 0.389. The van der Waals surface area contributed by atoms with Gasteiger partial charge >= 0.3 is 5.97 Å². The molecule has 0 spiro atoms. The molecule has 26 heavy (non-hydrogen) atoms. The number of likely N-dealkylation sites (tertiary alicyclic amines) is 1. The standard InChI is InChI=1S/C18H20N2O5S/c1-24-11-18(17(22)23)7-8-20(10-18)16(21)14-9-26-15(19-14)12-3-5-13(25-2)6-4-12/h3-6,9H,7-8,10-11H2,1-2H3,(H,22,23). The summed E-state index contributed by atoms with van der Waals surface area (Å²) in [6.45, 7) is 0.592. The molecule has 1 aromatic carbocycles. The number of aliphatic carboxylic acids is 1. The van der Waals surface area contributed by atoms with Crippen molar-refractivity contribution in [1.82, 2.24) is 9.88 Å². The van der Waals surface area contributed by atoms with Crippen LogP contribution in [0.4, 0.5) is 0 Å². The maximum absolute atomic E-state index is 12.7. The SMILES string of the molecule is COCC1(C(=O)O)CCN(C(=O)c2csc(-c3ccc(OC)cc3)n2)C1. The Morgan fingerprint density at radius 3 is 2.65 bits per heavy atom. The van der Waals surface area contributed by atoms with Crippen molar-refractivity contribution < 1.29 is 24.2 Å². The number of thiazole rings is 1. The smallest absolute Gasteiger partial charge is 0.313 e. The van der Waals surface area contributed by atoms with Gasteiger partial charge in [-0.1, -0.05) is 0 Å². The first-order chi connectivity index (χ1) is 12.5. The third-order valence-corrected chi connectivity index (χ3v) is 5.47. The van der Waals surface area contributed by atoms with Crippen LogP contribution in [-0.2, 0) is 9.53 Å². The average Bonchev–Trinajstić information content (AvgIpc) is 3.30. The normalized spacial score (nSPS) is 19.5. The summed E-state index contributed by atoms with van der Waals surface area (Å²) in [5.41, 5.74) is 0.189. The second kappa shape index (κ2) is 7.43. The molecule has 2 aromatic rings. The number of carboxylic acids is 1. The summed E-state index contributed by atoms with van der Waals surface area (Å²) < 4.78 is 10.2. The van der Waals surface area contributed by atoms with E-state index in [0.717, 1.165) is 16.3 Å². The maximum Gasteiger partial charge on any atom is 0.313 e. The molecule has 1 aromatic heterocycles. The summed E-state index contributed by atoms with van der Waals surface area (Å²) >= 11 is 1.38. The Balaban J connectivity index is 1.75. The van der Waals surface area contributed by atoms with Crippen LogP contribution in [0.25, 0.3) is 10.6 Å². The number of hydrogen-bond donors (Lipinski definition) is 1. The van der Waals surface area contributed by atoms with Gasteiger partial charge in [0.1, 0.15) is 21.9 Å². The predicted octanol–water partition coefficient (Wildman–Crippen LogP) is 2.38. The van der Waals surface area contributed by atoms with Crippen LogP contribution in [0.2, 0.25) is 0 Å². The number of hydrogen-bond acceptors (Lipinski definition) is 6. The van der Waals surface area contributed by atoms with E-state index >= 15 is 0 Å². The zero-order valence-corrected chi connectivity index (χ0v) is 15.4. The zero-order chi connectivity index (χ0) is 18.7. The summed E-state index contributed by atoms with van der Waals surface area (Å²) in [5, 5.41) is 12.0. The summed E-state index contributed by atoms with van der Waals surface area (Å²) in [6, 6.07) is 7.45. The lowest BCUT2D eigenvalue weighted by molar-refractivity contribution is -0.151. The first-order valence-electron chi connectivity index (χ1n) is 8.10. The van der Waals surface area contributed by atoms with Crippen molar-refractivity contribution in [2.45, 2.75) is 6.42 Å². The van der Waals surface area contributed by atoms with E-state index in [1.54, 1.807) is 17.4 Å². The molecule has 1 amide bonds. The minimum atomic E-state index is -1.04. The Morgan fingerprint density at radius 1 is 1.31 bits per heavy atom. The number of nitrogens with zero attached hydrogens (tertiary/aromatic N) is 2. The summed E-state index contributed by atoms with van der Waals surface area (Å²) in [5.74, 6) is -0.436. The first kappa shape index (κ1) is 18.3. The van der Waals surface area contributed by atoms with Gasteiger partial charge in [0.25, 0.3) is 5.91 Å². The quantitative estimate of drug-likeness (QED) is 0.833. The highest BCUT2D eigenvalue weighted by atomic mass is 32.1. The molecule has 0 bridgehead atoms. The third-order valence-electron chi connectivity index (χ3n) is 4.58. The van der Waals surface area contributed by atoms with Gasteiger partial charge < -0.3 is 19.5 Å². The fourth-order valence-electron chi connectivity index (χ4n) is 3.08. The monoisotopic (exact) mass is 376 g/mol. The zero-order valence-electron chi connectivity index (χ0n) is 14.6. The molecular formula is C18H20N2O5S. The van der Waals surface area contributed by atoms with Gasteiger partial charge in [0.05, 0.1) is 13.7 Å². The van der Waals surface area contributed by atoms with Gasteiger partial charge in [-0.05, 0) is 30.7 Å². The highest BCUT2D eigenvalue weighted by Crippen LogP contribution is 2.33. The molecule has 138 valence electrons. The molecule has 0 saturated carbocycles. The van der Waals surface area contributed by atoms with Gasteiger partial charge in [-0.15, -0.1) is 11.3 Å². The molecule has 2 heterocycles. The van der Waals surface area contributed by atoms with Crippen molar-refractivity contribution in [3.63, 3.8) is 0 Å². The molecule has 0 aliphatic carbocycles. The lowest BCUT2D eigenvalue weighted by Gasteiger charge is -2.23. The van der Waals surface area contributed by atoms with E-state index in [0.29, 0.717) is 18.7 Å². The summed E-state index contributed by atoms with van der Waals surface area (Å²) in [4.78, 5) is 30.3. The lowest BCUT2D eigenvalue weighted by atomic mass is 9.88. The van der Waals surface area contributed by atoms with Crippen molar-refractivity contribution >= 4 is 23.2 Å². The summed E-state index contributed by atoms with van der Waals surface area (Å²) in [6.07, 6.45) is 0.372. The first-order valence-corrected chi connectivity index (χ1v) is 8.98. The van der Waals surface area contributed by atoms with Gasteiger partial charge in [-0.3, -0.25) is 9.59 Å². The number of aromatic nitrogens is 1. The second-order valence-electron chi connectivity index (χ2n) is 6.26. The van der Waals surface area contributed by atoms with Crippen LogP contribution in [0.15, 0.2) is 29.6 Å². The van der Waals surface area contributed by atoms with Crippen molar-refractivity contribution in [1.29, 1.82) is 0 Å². The molecule has 0 radical (unpaired) electrons. The Hall–Kier alpha value is -2.45. The predicted molar refractivity (Wildman–Crippen MR) is 96.6 cm³/mol. The Kier molecular flexibility index (Phi) is 5.24. The molecule has 3 rings (SSSR count). The number of benzene rings is 1. The van der Waals surface area contributed by atoms with E-state index in [9.17, 15) is 14.7 Å². The van der Waals surface area contributed by atoms with E-state index in [1.165, 1.54) is 18.4 Å². The van der Waals surface area contributed by atoms with Crippen molar-refractivity contribution in [3.05, 3.63) is 35.3 Å². The van der Waals surface area contributed by atoms with Gasteiger partial charge in [-0.2, -0.15) is 0 Å². The van der Waals surface area contributed by atoms with Crippen molar-refractivity contribution in [2.75, 3.05) is 33.9 Å². The van der Waals surface area contributed by atoms with Gasteiger partial charge in [0.15, 0.2) is 0 Å². The van der Waals surface area contributed by atoms with Crippen molar-refractivity contribution in [3.8, 4) is 16.3 Å². The molecule has 1 unspecified atom stereocenters. The minimum Gasteiger partial charge on any atom is -0.497 e. The van der Waals surface area contributed by atoms with Crippen LogP contribution in [0.3, 0.4) is 0 Å². The van der Waals surface area contributed by atoms with Crippen LogP contribution >= 0.6 is 11.3 Å². The fourth-order valence-corrected chi connectivity index (χ4v) is 3.88. The van der Waals surface area contributed by atoms with Gasteiger partial charge in [0.2, 0.25) is 0 Å². The maximum atomic E-state index is 12.7. The second-order valence-corrected chi connectivity index (χ2v) is 7.12. The molecule has 1 saturated heterocycles. The molecule has 1 aliphatic rings. The van der Waals surface area contributed by atoms with Crippen LogP contribution in [0.1, 0.15) is 16.9 Å². The highest BCUT2D eigenvalue weighted by molar-refractivity contribution is 7.13. The van der Waals surface area contributed by atoms with E-state index < -0.39 is 11.4 Å². The van der Waals surface area contributed by atoms with Crippen LogP contribution in [-0.4, -0.2) is 60.8 Å². The number of carboxylic acid groups (broad SMARTS) is 1. The van der Waals surface area contributed by atoms with Crippen LogP contribution < -0.4 is 4.74 Å². The molecule has 7 nitrogen and oxygen atoms in total. The number of ether oxygens (including phenoxy) is 2. The average molecular weight is 376 g/mol. The number of methoxy groups -OCH3 is 2. The highest BCUT2D eigenvalue weighted by Gasteiger charge is 2.46. The number of amides is 1. The Bertz CT molecular complexity index is 804. The van der Waals surface area contributed by atoms with Crippen molar-refractivity contribution in [2.24, 2.45) is 5.41 Å². The minimum absolute atomic E-state index is 0.0836. The molecule has 1 N–H and O–H groups in total. The Morgan fingerprint density at radius 2 is 2.04 bits per heavy atom. The number of carbonyl (C=O) groups is 2. The molecule has 1 fully saturated rings. The Labute approximate surface area is 155 Å². The van der Waals surface area contributed by atoms with E-state index in [4.69, 9.17) is 9.47 Å². The van der Waals surface area contributed by atoms with E-state index in [2.05, 4.69) is 4.98 Å². The lowest BCUT2D eigenvalue weighted by Crippen LogP contribution is -2.40.